The van der Waals surface area contributed by atoms with E-state index in [9.17, 15) is 13.2 Å². The van der Waals surface area contributed by atoms with Gasteiger partial charge in [-0.2, -0.15) is 0 Å². The molecule has 9 heteroatoms. The molecule has 2 aromatic rings. The Hall–Kier alpha value is -1.80. The van der Waals surface area contributed by atoms with Crippen molar-refractivity contribution in [3.63, 3.8) is 0 Å². The van der Waals surface area contributed by atoms with Gasteiger partial charge in [0.05, 0.1) is 22.3 Å². The lowest BCUT2D eigenvalue weighted by atomic mass is 9.97. The summed E-state index contributed by atoms with van der Waals surface area (Å²) in [6.45, 7) is 5.42. The van der Waals surface area contributed by atoms with Crippen molar-refractivity contribution >= 4 is 39.1 Å². The quantitative estimate of drug-likeness (QED) is 0.549. The van der Waals surface area contributed by atoms with Gasteiger partial charge in [-0.05, 0) is 61.6 Å². The highest BCUT2D eigenvalue weighted by Gasteiger charge is 2.31. The van der Waals surface area contributed by atoms with Crippen LogP contribution in [0, 0.1) is 19.8 Å². The molecule has 2 aromatic carbocycles. The predicted octanol–water partition coefficient (Wildman–Crippen LogP) is 4.35. The molecular formula is C23H28Cl2N2O4S. The normalized spacial score (nSPS) is 15.5. The van der Waals surface area contributed by atoms with Gasteiger partial charge in [0.2, 0.25) is 15.9 Å². The Morgan fingerprint density at radius 2 is 1.81 bits per heavy atom. The summed E-state index contributed by atoms with van der Waals surface area (Å²) in [6, 6.07) is 10.8. The zero-order chi connectivity index (χ0) is 23.3. The van der Waals surface area contributed by atoms with E-state index in [2.05, 4.69) is 5.32 Å². The molecule has 0 saturated carbocycles. The van der Waals surface area contributed by atoms with Crippen molar-refractivity contribution in [2.45, 2.75) is 32.4 Å². The van der Waals surface area contributed by atoms with Crippen LogP contribution in [0.1, 0.15) is 29.5 Å². The second kappa shape index (κ2) is 10.9. The molecule has 1 heterocycles. The van der Waals surface area contributed by atoms with Gasteiger partial charge in [0.25, 0.3) is 0 Å². The number of hydrogen-bond acceptors (Lipinski definition) is 4. The molecule has 0 atom stereocenters. The van der Waals surface area contributed by atoms with E-state index in [1.807, 2.05) is 32.0 Å². The summed E-state index contributed by atoms with van der Waals surface area (Å²) in [5.41, 5.74) is 2.76. The van der Waals surface area contributed by atoms with Gasteiger partial charge < -0.3 is 10.1 Å². The lowest BCUT2D eigenvalue weighted by Crippen LogP contribution is -2.43. The van der Waals surface area contributed by atoms with Gasteiger partial charge in [-0.1, -0.05) is 41.4 Å². The Morgan fingerprint density at radius 3 is 2.50 bits per heavy atom. The fourth-order valence-electron chi connectivity index (χ4n) is 3.67. The first kappa shape index (κ1) is 24.8. The lowest BCUT2D eigenvalue weighted by molar-refractivity contribution is -0.126. The fraction of sp³-hybridized carbons (Fsp3) is 0.435. The molecule has 1 amide bonds. The summed E-state index contributed by atoms with van der Waals surface area (Å²) in [5, 5.41) is 3.62. The van der Waals surface area contributed by atoms with Crippen molar-refractivity contribution in [2.24, 2.45) is 5.92 Å². The van der Waals surface area contributed by atoms with Crippen molar-refractivity contribution in [2.75, 3.05) is 26.2 Å². The van der Waals surface area contributed by atoms with Crippen molar-refractivity contribution in [1.82, 2.24) is 9.62 Å². The van der Waals surface area contributed by atoms with Crippen LogP contribution in [0.4, 0.5) is 0 Å². The number of hydrogen-bond donors (Lipinski definition) is 1. The van der Waals surface area contributed by atoms with Crippen LogP contribution in [0.15, 0.2) is 36.4 Å². The molecule has 1 aliphatic heterocycles. The third-order valence-electron chi connectivity index (χ3n) is 5.55. The number of carbonyl (C=O) groups excluding carboxylic acids is 1. The number of benzene rings is 2. The van der Waals surface area contributed by atoms with E-state index in [0.29, 0.717) is 54.7 Å². The van der Waals surface area contributed by atoms with E-state index in [0.717, 1.165) is 16.9 Å². The molecule has 3 rings (SSSR count). The lowest BCUT2D eigenvalue weighted by Gasteiger charge is -2.30. The molecule has 0 unspecified atom stereocenters. The summed E-state index contributed by atoms with van der Waals surface area (Å²) < 4.78 is 32.7. The molecule has 174 valence electrons. The van der Waals surface area contributed by atoms with Crippen LogP contribution < -0.4 is 10.1 Å². The Labute approximate surface area is 199 Å². The van der Waals surface area contributed by atoms with E-state index in [4.69, 9.17) is 27.9 Å². The molecule has 1 N–H and O–H groups in total. The molecule has 1 fully saturated rings. The van der Waals surface area contributed by atoms with Gasteiger partial charge in [0.1, 0.15) is 12.4 Å². The molecule has 0 spiro atoms. The van der Waals surface area contributed by atoms with Gasteiger partial charge >= 0.3 is 0 Å². The Balaban J connectivity index is 1.43. The van der Waals surface area contributed by atoms with Crippen LogP contribution in [0.2, 0.25) is 10.0 Å². The summed E-state index contributed by atoms with van der Waals surface area (Å²) in [5.74, 6) is 0.416. The molecule has 0 bridgehead atoms. The zero-order valence-corrected chi connectivity index (χ0v) is 20.6. The number of carbonyl (C=O) groups is 1. The minimum atomic E-state index is -3.49. The largest absolute Gasteiger partial charge is 0.491 e. The topological polar surface area (TPSA) is 75.7 Å². The molecule has 0 aromatic heterocycles. The van der Waals surface area contributed by atoms with E-state index >= 15 is 0 Å². The van der Waals surface area contributed by atoms with Gasteiger partial charge in [0.15, 0.2) is 0 Å². The number of nitrogens with zero attached hydrogens (tertiary/aromatic N) is 1. The Bertz CT molecular complexity index is 1070. The van der Waals surface area contributed by atoms with Crippen LogP contribution in [-0.2, 0) is 20.6 Å². The SMILES string of the molecule is Cc1ccc(C)c(OCCNC(=O)C2CCN(S(=O)(=O)Cc3ccc(Cl)c(Cl)c3)CC2)c1. The van der Waals surface area contributed by atoms with Gasteiger partial charge in [-0.25, -0.2) is 12.7 Å². The van der Waals surface area contributed by atoms with E-state index < -0.39 is 10.0 Å². The van der Waals surface area contributed by atoms with Crippen molar-refractivity contribution in [3.05, 3.63) is 63.1 Å². The summed E-state index contributed by atoms with van der Waals surface area (Å²) >= 11 is 11.9. The first-order valence-electron chi connectivity index (χ1n) is 10.6. The van der Waals surface area contributed by atoms with Crippen molar-refractivity contribution in [3.8, 4) is 5.75 Å². The maximum atomic E-state index is 12.8. The monoisotopic (exact) mass is 498 g/mol. The second-order valence-corrected chi connectivity index (χ2v) is 10.9. The number of amides is 1. The van der Waals surface area contributed by atoms with E-state index in [1.54, 1.807) is 18.2 Å². The first-order chi connectivity index (χ1) is 15.2. The van der Waals surface area contributed by atoms with Gasteiger partial charge in [-0.15, -0.1) is 0 Å². The highest BCUT2D eigenvalue weighted by atomic mass is 35.5. The van der Waals surface area contributed by atoms with E-state index in [-0.39, 0.29) is 17.6 Å². The zero-order valence-electron chi connectivity index (χ0n) is 18.2. The van der Waals surface area contributed by atoms with Crippen molar-refractivity contribution < 1.29 is 17.9 Å². The van der Waals surface area contributed by atoms with Crippen LogP contribution in [0.5, 0.6) is 5.75 Å². The number of halogens is 2. The molecule has 6 nitrogen and oxygen atoms in total. The maximum absolute atomic E-state index is 12.8. The average Bonchev–Trinajstić information content (AvgIpc) is 2.76. The predicted molar refractivity (Wildman–Crippen MR) is 128 cm³/mol. The number of sulfonamides is 1. The van der Waals surface area contributed by atoms with Crippen LogP contribution >= 0.6 is 23.2 Å². The van der Waals surface area contributed by atoms with Gasteiger partial charge in [-0.3, -0.25) is 4.79 Å². The molecule has 0 aliphatic carbocycles. The number of ether oxygens (including phenoxy) is 1. The molecule has 1 aliphatic rings. The summed E-state index contributed by atoms with van der Waals surface area (Å²) in [4.78, 5) is 12.5. The molecule has 32 heavy (non-hydrogen) atoms. The highest BCUT2D eigenvalue weighted by molar-refractivity contribution is 7.88. The van der Waals surface area contributed by atoms with Crippen LogP contribution in [0.3, 0.4) is 0 Å². The maximum Gasteiger partial charge on any atom is 0.223 e. The van der Waals surface area contributed by atoms with Crippen molar-refractivity contribution in [1.29, 1.82) is 0 Å². The standard InChI is InChI=1S/C23H28Cl2N2O4S/c1-16-3-4-17(2)22(13-16)31-12-9-26-23(28)19-7-10-27(11-8-19)32(29,30)15-18-5-6-20(24)21(25)14-18/h3-6,13-14,19H,7-12,15H2,1-2H3,(H,26,28). The smallest absolute Gasteiger partial charge is 0.223 e. The van der Waals surface area contributed by atoms with E-state index in [1.165, 1.54) is 4.31 Å². The summed E-state index contributed by atoms with van der Waals surface area (Å²) in [6.07, 6.45) is 0.981. The first-order valence-corrected chi connectivity index (χ1v) is 12.9. The third-order valence-corrected chi connectivity index (χ3v) is 8.14. The minimum Gasteiger partial charge on any atom is -0.491 e. The van der Waals surface area contributed by atoms with Crippen LogP contribution in [-0.4, -0.2) is 44.9 Å². The Kier molecular flexibility index (Phi) is 8.44. The number of rotatable bonds is 8. The van der Waals surface area contributed by atoms with Gasteiger partial charge in [0, 0.05) is 19.0 Å². The number of aryl methyl sites for hydroxylation is 2. The fourth-order valence-corrected chi connectivity index (χ4v) is 5.54. The second-order valence-electron chi connectivity index (χ2n) is 8.09. The molecule has 1 saturated heterocycles. The Morgan fingerprint density at radius 1 is 1.09 bits per heavy atom. The molecule has 0 radical (unpaired) electrons. The van der Waals surface area contributed by atoms with Crippen LogP contribution in [0.25, 0.3) is 0 Å². The number of nitrogens with one attached hydrogen (secondary N) is 1. The average molecular weight is 499 g/mol. The third kappa shape index (κ3) is 6.61. The number of piperidine rings is 1. The summed E-state index contributed by atoms with van der Waals surface area (Å²) in [7, 11) is -3.49. The highest BCUT2D eigenvalue weighted by Crippen LogP contribution is 2.26. The minimum absolute atomic E-state index is 0.0592. The molecular weight excluding hydrogens is 471 g/mol.